The van der Waals surface area contributed by atoms with Crippen LogP contribution in [0.25, 0.3) is 0 Å². The van der Waals surface area contributed by atoms with Gasteiger partial charge in [-0.2, -0.15) is 0 Å². The highest BCUT2D eigenvalue weighted by atomic mass is 32.2. The molecule has 0 bridgehead atoms. The molecule has 0 fully saturated rings. The Morgan fingerprint density at radius 3 is 2.00 bits per heavy atom. The van der Waals surface area contributed by atoms with Gasteiger partial charge < -0.3 is 4.74 Å². The summed E-state index contributed by atoms with van der Waals surface area (Å²) in [6.45, 7) is 3.87. The highest BCUT2D eigenvalue weighted by Gasteiger charge is 2.30. The van der Waals surface area contributed by atoms with E-state index >= 15 is 0 Å². The summed E-state index contributed by atoms with van der Waals surface area (Å²) in [4.78, 5) is 27.4. The van der Waals surface area contributed by atoms with Gasteiger partial charge in [-0.25, -0.2) is 12.4 Å². The van der Waals surface area contributed by atoms with Crippen LogP contribution in [0.3, 0.4) is 0 Å². The number of carbonyl (C=O) groups is 2. The van der Waals surface area contributed by atoms with Gasteiger partial charge >= 0.3 is 0 Å². The molecule has 37 heavy (non-hydrogen) atoms. The molecule has 0 saturated carbocycles. The monoisotopic (exact) mass is 515 g/mol. The Kier molecular flexibility index (Phi) is 7.74. The lowest BCUT2D eigenvalue weighted by Gasteiger charge is -2.17. The van der Waals surface area contributed by atoms with Crippen LogP contribution >= 0.6 is 0 Å². The molecular formula is C30H29NO5S. The van der Waals surface area contributed by atoms with Crippen molar-refractivity contribution in [2.75, 3.05) is 7.11 Å². The molecule has 0 aliphatic carbocycles. The Hall–Kier alpha value is -3.97. The van der Waals surface area contributed by atoms with Crippen LogP contribution in [0.2, 0.25) is 0 Å². The van der Waals surface area contributed by atoms with E-state index in [1.54, 1.807) is 67.8 Å². The van der Waals surface area contributed by atoms with E-state index in [4.69, 9.17) is 4.74 Å². The lowest BCUT2D eigenvalue weighted by atomic mass is 9.86. The van der Waals surface area contributed by atoms with Crippen LogP contribution in [0.4, 0.5) is 0 Å². The third kappa shape index (κ3) is 5.57. The second-order valence-corrected chi connectivity index (χ2v) is 10.9. The highest BCUT2D eigenvalue weighted by molar-refractivity contribution is 7.90. The third-order valence-corrected chi connectivity index (χ3v) is 8.03. The zero-order valence-corrected chi connectivity index (χ0v) is 21.8. The van der Waals surface area contributed by atoms with Gasteiger partial charge in [-0.3, -0.25) is 9.59 Å². The lowest BCUT2D eigenvalue weighted by molar-refractivity contribution is 0.0890. The summed E-state index contributed by atoms with van der Waals surface area (Å²) in [7, 11) is -2.46. The minimum absolute atomic E-state index is 0.00428. The fourth-order valence-corrected chi connectivity index (χ4v) is 5.58. The number of rotatable bonds is 10. The summed E-state index contributed by atoms with van der Waals surface area (Å²) in [5.74, 6) is -0.816. The molecule has 0 amide bonds. The Bertz CT molecular complexity index is 1490. The third-order valence-electron chi connectivity index (χ3n) is 6.34. The first-order valence-electron chi connectivity index (χ1n) is 12.0. The smallest absolute Gasteiger partial charge is 0.268 e. The number of benzene rings is 3. The van der Waals surface area contributed by atoms with Crippen LogP contribution in [0.5, 0.6) is 5.75 Å². The van der Waals surface area contributed by atoms with Gasteiger partial charge in [0.15, 0.2) is 11.6 Å². The van der Waals surface area contributed by atoms with Crippen molar-refractivity contribution in [2.45, 2.75) is 37.0 Å². The minimum atomic E-state index is -4.01. The molecular weight excluding hydrogens is 486 g/mol. The molecule has 190 valence electrons. The average Bonchev–Trinajstić information content (AvgIpc) is 3.39. The van der Waals surface area contributed by atoms with Crippen molar-refractivity contribution in [1.29, 1.82) is 0 Å². The van der Waals surface area contributed by atoms with Crippen LogP contribution in [0.15, 0.2) is 102 Å². The summed E-state index contributed by atoms with van der Waals surface area (Å²) in [6.07, 6.45) is 1.32. The van der Waals surface area contributed by atoms with Crippen LogP contribution in [0.1, 0.15) is 64.1 Å². The van der Waals surface area contributed by atoms with E-state index < -0.39 is 21.7 Å². The Labute approximate surface area is 217 Å². The van der Waals surface area contributed by atoms with Crippen molar-refractivity contribution in [3.05, 3.63) is 120 Å². The summed E-state index contributed by atoms with van der Waals surface area (Å²) >= 11 is 0. The van der Waals surface area contributed by atoms with E-state index in [1.807, 2.05) is 32.0 Å². The summed E-state index contributed by atoms with van der Waals surface area (Å²) < 4.78 is 33.2. The van der Waals surface area contributed by atoms with E-state index in [0.29, 0.717) is 16.9 Å². The molecule has 0 N–H and O–H groups in total. The first-order valence-corrected chi connectivity index (χ1v) is 13.5. The van der Waals surface area contributed by atoms with Gasteiger partial charge in [-0.05, 0) is 59.5 Å². The topological polar surface area (TPSA) is 82.4 Å². The molecule has 3 aromatic carbocycles. The van der Waals surface area contributed by atoms with Gasteiger partial charge in [0.25, 0.3) is 10.0 Å². The number of carbonyl (C=O) groups excluding carboxylic acids is 2. The maximum absolute atomic E-state index is 13.7. The van der Waals surface area contributed by atoms with Crippen molar-refractivity contribution >= 4 is 21.6 Å². The van der Waals surface area contributed by atoms with Gasteiger partial charge in [0, 0.05) is 18.2 Å². The van der Waals surface area contributed by atoms with Gasteiger partial charge in [0.2, 0.25) is 0 Å². The molecule has 1 aromatic heterocycles. The predicted octanol–water partition coefficient (Wildman–Crippen LogP) is 6.10. The van der Waals surface area contributed by atoms with Crippen LogP contribution in [0, 0.1) is 0 Å². The maximum atomic E-state index is 13.7. The zero-order valence-electron chi connectivity index (χ0n) is 21.0. The van der Waals surface area contributed by atoms with Gasteiger partial charge in [-0.1, -0.05) is 62.4 Å². The van der Waals surface area contributed by atoms with E-state index in [-0.39, 0.29) is 28.7 Å². The normalized spacial score (nSPS) is 12.3. The van der Waals surface area contributed by atoms with E-state index in [0.717, 1.165) is 9.54 Å². The molecule has 0 saturated heterocycles. The molecule has 0 aliphatic rings. The number of Topliss-reactive ketones (excluding diaryl/α,β-unsaturated/α-hetero) is 2. The van der Waals surface area contributed by atoms with E-state index in [2.05, 4.69) is 0 Å². The maximum Gasteiger partial charge on any atom is 0.268 e. The molecule has 1 heterocycles. The van der Waals surface area contributed by atoms with Crippen molar-refractivity contribution in [3.8, 4) is 5.75 Å². The van der Waals surface area contributed by atoms with E-state index in [1.165, 1.54) is 18.3 Å². The predicted molar refractivity (Wildman–Crippen MR) is 143 cm³/mol. The lowest BCUT2D eigenvalue weighted by Crippen LogP contribution is -2.21. The molecule has 7 heteroatoms. The Morgan fingerprint density at radius 2 is 1.43 bits per heavy atom. The number of hydrogen-bond donors (Lipinski definition) is 0. The van der Waals surface area contributed by atoms with Gasteiger partial charge in [0.1, 0.15) is 11.4 Å². The second-order valence-electron chi connectivity index (χ2n) is 9.11. The van der Waals surface area contributed by atoms with Crippen LogP contribution < -0.4 is 4.74 Å². The Morgan fingerprint density at radius 1 is 0.838 bits per heavy atom. The van der Waals surface area contributed by atoms with Crippen LogP contribution in [-0.4, -0.2) is 31.1 Å². The molecule has 1 unspecified atom stereocenters. The average molecular weight is 516 g/mol. The summed E-state index contributed by atoms with van der Waals surface area (Å²) in [6, 6.07) is 25.4. The summed E-state index contributed by atoms with van der Waals surface area (Å²) in [5.41, 5.74) is 1.89. The molecule has 4 aromatic rings. The number of nitrogens with zero attached hydrogens (tertiary/aromatic N) is 1. The first-order chi connectivity index (χ1) is 17.7. The molecule has 6 nitrogen and oxygen atoms in total. The number of ether oxygens (including phenoxy) is 1. The van der Waals surface area contributed by atoms with Crippen LogP contribution in [-0.2, 0) is 10.0 Å². The largest absolute Gasteiger partial charge is 0.497 e. The number of hydrogen-bond acceptors (Lipinski definition) is 5. The minimum Gasteiger partial charge on any atom is -0.497 e. The van der Waals surface area contributed by atoms with E-state index in [9.17, 15) is 18.0 Å². The highest BCUT2D eigenvalue weighted by Crippen LogP contribution is 2.30. The van der Waals surface area contributed by atoms with Crippen molar-refractivity contribution < 1.29 is 22.7 Å². The molecule has 1 atom stereocenters. The SMILES string of the molecule is COc1ccc(C(=O)C(CC(=O)c2cc(C(C)C)cn2S(=O)(=O)c2ccccc2)c2ccccc2)cc1. The van der Waals surface area contributed by atoms with Crippen molar-refractivity contribution in [2.24, 2.45) is 0 Å². The van der Waals surface area contributed by atoms with Crippen molar-refractivity contribution in [1.82, 2.24) is 3.97 Å². The molecule has 0 spiro atoms. The first kappa shape index (κ1) is 26.1. The molecule has 0 radical (unpaired) electrons. The van der Waals surface area contributed by atoms with Crippen molar-refractivity contribution in [3.63, 3.8) is 0 Å². The fourth-order valence-electron chi connectivity index (χ4n) is 4.18. The van der Waals surface area contributed by atoms with Gasteiger partial charge in [0.05, 0.1) is 17.9 Å². The standard InChI is InChI=1S/C30H29NO5S/c1-21(2)24-18-28(31(20-24)37(34,35)26-12-8-5-9-13-26)29(32)19-27(22-10-6-4-7-11-22)30(33)23-14-16-25(36-3)17-15-23/h4-18,20-21,27H,19H2,1-3H3. The number of ketones is 2. The second kappa shape index (κ2) is 11.0. The number of aromatic nitrogens is 1. The zero-order chi connectivity index (χ0) is 26.6. The summed E-state index contributed by atoms with van der Waals surface area (Å²) in [5, 5.41) is 0. The molecule has 0 aliphatic heterocycles. The number of methoxy groups -OCH3 is 1. The Balaban J connectivity index is 1.75. The molecule has 4 rings (SSSR count). The fraction of sp³-hybridized carbons (Fsp3) is 0.200. The quantitative estimate of drug-likeness (QED) is 0.239. The van der Waals surface area contributed by atoms with Gasteiger partial charge in [-0.15, -0.1) is 0 Å².